The van der Waals surface area contributed by atoms with Crippen molar-refractivity contribution in [2.45, 2.75) is 58.9 Å². The van der Waals surface area contributed by atoms with Gasteiger partial charge in [-0.15, -0.1) is 0 Å². The fourth-order valence-electron chi connectivity index (χ4n) is 5.28. The largest absolute Gasteiger partial charge is 0.340 e. The SMILES string of the molecule is CCc1noc(C(C)N2CCN(C(=O)C3(C)CC4CCC3C4)CC2)n1. The fourth-order valence-corrected chi connectivity index (χ4v) is 5.28. The van der Waals surface area contributed by atoms with Gasteiger partial charge in [0.2, 0.25) is 11.8 Å². The summed E-state index contributed by atoms with van der Waals surface area (Å²) in [5.74, 6) is 3.27. The zero-order valence-corrected chi connectivity index (χ0v) is 15.7. The van der Waals surface area contributed by atoms with E-state index in [1.807, 2.05) is 6.92 Å². The number of hydrogen-bond donors (Lipinski definition) is 0. The van der Waals surface area contributed by atoms with Crippen LogP contribution in [0, 0.1) is 17.3 Å². The average Bonchev–Trinajstić information content (AvgIpc) is 3.36. The van der Waals surface area contributed by atoms with Crippen molar-refractivity contribution in [3.05, 3.63) is 11.7 Å². The molecule has 2 bridgehead atoms. The summed E-state index contributed by atoms with van der Waals surface area (Å²) in [6.07, 6.45) is 5.76. The molecule has 1 saturated heterocycles. The summed E-state index contributed by atoms with van der Waals surface area (Å²) in [5, 5.41) is 4.00. The van der Waals surface area contributed by atoms with E-state index < -0.39 is 0 Å². The molecular formula is C19H30N4O2. The Morgan fingerprint density at radius 3 is 2.64 bits per heavy atom. The Bertz CT molecular complexity index is 637. The highest BCUT2D eigenvalue weighted by Gasteiger charge is 2.53. The number of fused-ring (bicyclic) bond motifs is 2. The minimum Gasteiger partial charge on any atom is -0.340 e. The Labute approximate surface area is 149 Å². The van der Waals surface area contributed by atoms with E-state index >= 15 is 0 Å². The number of rotatable bonds is 4. The number of nitrogens with zero attached hydrogens (tertiary/aromatic N) is 4. The molecule has 138 valence electrons. The molecule has 1 amide bonds. The lowest BCUT2D eigenvalue weighted by Crippen LogP contribution is -2.54. The van der Waals surface area contributed by atoms with Crippen molar-refractivity contribution in [1.82, 2.24) is 19.9 Å². The van der Waals surface area contributed by atoms with E-state index in [2.05, 4.69) is 33.8 Å². The lowest BCUT2D eigenvalue weighted by Gasteiger charge is -2.42. The predicted molar refractivity (Wildman–Crippen MR) is 93.8 cm³/mol. The highest BCUT2D eigenvalue weighted by molar-refractivity contribution is 5.83. The van der Waals surface area contributed by atoms with Crippen LogP contribution >= 0.6 is 0 Å². The molecule has 2 aliphatic carbocycles. The van der Waals surface area contributed by atoms with Crippen molar-refractivity contribution in [1.29, 1.82) is 0 Å². The zero-order chi connectivity index (χ0) is 17.6. The molecule has 3 aliphatic rings. The second-order valence-electron chi connectivity index (χ2n) is 8.40. The molecule has 2 heterocycles. The van der Waals surface area contributed by atoms with Crippen molar-refractivity contribution in [3.8, 4) is 0 Å². The number of carbonyl (C=O) groups excluding carboxylic acids is 1. The van der Waals surface area contributed by atoms with Crippen LogP contribution in [0.15, 0.2) is 4.52 Å². The van der Waals surface area contributed by atoms with Crippen LogP contribution in [0.2, 0.25) is 0 Å². The van der Waals surface area contributed by atoms with Crippen LogP contribution in [0.25, 0.3) is 0 Å². The number of carbonyl (C=O) groups is 1. The van der Waals surface area contributed by atoms with Gasteiger partial charge in [0.05, 0.1) is 6.04 Å². The Balaban J connectivity index is 1.36. The van der Waals surface area contributed by atoms with Crippen LogP contribution in [0.3, 0.4) is 0 Å². The average molecular weight is 346 g/mol. The molecule has 1 aromatic heterocycles. The number of piperazine rings is 1. The minimum absolute atomic E-state index is 0.0980. The molecule has 6 nitrogen and oxygen atoms in total. The fraction of sp³-hybridized carbons (Fsp3) is 0.842. The first-order chi connectivity index (χ1) is 12.0. The summed E-state index contributed by atoms with van der Waals surface area (Å²) in [7, 11) is 0. The Hall–Kier alpha value is -1.43. The number of amides is 1. The Kier molecular flexibility index (Phi) is 4.34. The highest BCUT2D eigenvalue weighted by atomic mass is 16.5. The second kappa shape index (κ2) is 6.38. The molecule has 0 N–H and O–H groups in total. The molecule has 0 spiro atoms. The molecular weight excluding hydrogens is 316 g/mol. The molecule has 2 saturated carbocycles. The van der Waals surface area contributed by atoms with E-state index in [4.69, 9.17) is 4.52 Å². The summed E-state index contributed by atoms with van der Waals surface area (Å²) in [6.45, 7) is 9.73. The molecule has 3 fully saturated rings. The van der Waals surface area contributed by atoms with Crippen LogP contribution in [-0.2, 0) is 11.2 Å². The van der Waals surface area contributed by atoms with Gasteiger partial charge in [-0.1, -0.05) is 25.4 Å². The van der Waals surface area contributed by atoms with Crippen LogP contribution < -0.4 is 0 Å². The molecule has 4 unspecified atom stereocenters. The van der Waals surface area contributed by atoms with Crippen molar-refractivity contribution in [2.75, 3.05) is 26.2 Å². The van der Waals surface area contributed by atoms with Gasteiger partial charge in [-0.05, 0) is 38.0 Å². The standard InChI is InChI=1S/C19H30N4O2/c1-4-16-20-17(25-21-16)13(2)22-7-9-23(10-8-22)18(24)19(3)12-14-5-6-15(19)11-14/h13-15H,4-12H2,1-3H3. The highest BCUT2D eigenvalue weighted by Crippen LogP contribution is 2.56. The molecule has 4 rings (SSSR count). The van der Waals surface area contributed by atoms with Gasteiger partial charge in [0, 0.05) is 38.0 Å². The summed E-state index contributed by atoms with van der Waals surface area (Å²) in [6, 6.07) is 0.114. The lowest BCUT2D eigenvalue weighted by atomic mass is 9.73. The first-order valence-electron chi connectivity index (χ1n) is 9.87. The van der Waals surface area contributed by atoms with Gasteiger partial charge in [-0.25, -0.2) is 0 Å². The van der Waals surface area contributed by atoms with Crippen LogP contribution in [0.5, 0.6) is 0 Å². The third-order valence-corrected chi connectivity index (χ3v) is 6.95. The maximum atomic E-state index is 13.2. The van der Waals surface area contributed by atoms with Gasteiger partial charge < -0.3 is 9.42 Å². The maximum absolute atomic E-state index is 13.2. The van der Waals surface area contributed by atoms with E-state index in [9.17, 15) is 4.79 Å². The Morgan fingerprint density at radius 2 is 2.08 bits per heavy atom. The Morgan fingerprint density at radius 1 is 1.32 bits per heavy atom. The van der Waals surface area contributed by atoms with E-state index in [0.717, 1.165) is 50.8 Å². The zero-order valence-electron chi connectivity index (χ0n) is 15.7. The van der Waals surface area contributed by atoms with Crippen LogP contribution in [0.4, 0.5) is 0 Å². The van der Waals surface area contributed by atoms with Crippen molar-refractivity contribution < 1.29 is 9.32 Å². The van der Waals surface area contributed by atoms with Gasteiger partial charge >= 0.3 is 0 Å². The van der Waals surface area contributed by atoms with Gasteiger partial charge in [0.1, 0.15) is 0 Å². The number of hydrogen-bond acceptors (Lipinski definition) is 5. The van der Waals surface area contributed by atoms with E-state index in [0.29, 0.717) is 17.7 Å². The van der Waals surface area contributed by atoms with E-state index in [1.54, 1.807) is 0 Å². The molecule has 1 aliphatic heterocycles. The van der Waals surface area contributed by atoms with E-state index in [-0.39, 0.29) is 11.5 Å². The second-order valence-corrected chi connectivity index (χ2v) is 8.40. The first-order valence-corrected chi connectivity index (χ1v) is 9.87. The van der Waals surface area contributed by atoms with Gasteiger partial charge in [0.15, 0.2) is 5.82 Å². The minimum atomic E-state index is -0.0980. The van der Waals surface area contributed by atoms with Gasteiger partial charge in [-0.2, -0.15) is 4.98 Å². The number of aryl methyl sites for hydroxylation is 1. The molecule has 4 atom stereocenters. The molecule has 6 heteroatoms. The molecule has 25 heavy (non-hydrogen) atoms. The topological polar surface area (TPSA) is 62.5 Å². The predicted octanol–water partition coefficient (Wildman–Crippen LogP) is 2.66. The molecule has 0 radical (unpaired) electrons. The van der Waals surface area contributed by atoms with Crippen molar-refractivity contribution >= 4 is 5.91 Å². The van der Waals surface area contributed by atoms with Gasteiger partial charge in [0.25, 0.3) is 0 Å². The summed E-state index contributed by atoms with van der Waals surface area (Å²) in [4.78, 5) is 22.1. The quantitative estimate of drug-likeness (QED) is 0.839. The van der Waals surface area contributed by atoms with Crippen molar-refractivity contribution in [3.63, 3.8) is 0 Å². The lowest BCUT2D eigenvalue weighted by molar-refractivity contribution is -0.146. The van der Waals surface area contributed by atoms with Crippen molar-refractivity contribution in [2.24, 2.45) is 17.3 Å². The maximum Gasteiger partial charge on any atom is 0.243 e. The molecule has 0 aromatic carbocycles. The first kappa shape index (κ1) is 17.0. The van der Waals surface area contributed by atoms with E-state index in [1.165, 1.54) is 19.3 Å². The molecule has 1 aromatic rings. The third-order valence-electron chi connectivity index (χ3n) is 6.95. The van der Waals surface area contributed by atoms with Crippen LogP contribution in [0.1, 0.15) is 64.2 Å². The monoisotopic (exact) mass is 346 g/mol. The number of aromatic nitrogens is 2. The van der Waals surface area contributed by atoms with Gasteiger partial charge in [-0.3, -0.25) is 9.69 Å². The smallest absolute Gasteiger partial charge is 0.243 e. The summed E-state index contributed by atoms with van der Waals surface area (Å²) >= 11 is 0. The van der Waals surface area contributed by atoms with Crippen LogP contribution in [-0.4, -0.2) is 52.0 Å². The summed E-state index contributed by atoms with van der Waals surface area (Å²) < 4.78 is 5.39. The summed E-state index contributed by atoms with van der Waals surface area (Å²) in [5.41, 5.74) is -0.0980. The normalized spacial score (nSPS) is 33.8. The third kappa shape index (κ3) is 2.88.